The summed E-state index contributed by atoms with van der Waals surface area (Å²) in [5, 5.41) is 58.8. The maximum absolute atomic E-state index is 13.9. The molecule has 0 spiro atoms. The molecule has 1 aromatic rings. The van der Waals surface area contributed by atoms with Gasteiger partial charge in [-0.2, -0.15) is 0 Å². The van der Waals surface area contributed by atoms with Gasteiger partial charge in [0.1, 0.15) is 22.8 Å². The number of nitrogens with zero attached hydrogens (tertiary/aromatic N) is 1. The van der Waals surface area contributed by atoms with Gasteiger partial charge in [-0.15, -0.1) is 0 Å². The molecule has 38 heavy (non-hydrogen) atoms. The van der Waals surface area contributed by atoms with Crippen LogP contribution in [0.4, 0.5) is 5.69 Å². The maximum atomic E-state index is 13.9. The first-order valence-electron chi connectivity index (χ1n) is 11.8. The van der Waals surface area contributed by atoms with E-state index >= 15 is 0 Å². The van der Waals surface area contributed by atoms with Crippen LogP contribution >= 0.6 is 0 Å². The number of aromatic hydroxyl groups is 1. The first kappa shape index (κ1) is 27.3. The van der Waals surface area contributed by atoms with Crippen LogP contribution < -0.4 is 16.8 Å². The molecule has 0 aromatic heterocycles. The highest BCUT2D eigenvalue weighted by atomic mass is 16.4. The van der Waals surface area contributed by atoms with Crippen LogP contribution in [0.2, 0.25) is 0 Å². The molecule has 0 saturated heterocycles. The summed E-state index contributed by atoms with van der Waals surface area (Å²) in [5.41, 5.74) is 6.31. The number of primary amides is 1. The molecule has 0 heterocycles. The van der Waals surface area contributed by atoms with Crippen LogP contribution in [0.3, 0.4) is 0 Å². The Labute approximate surface area is 217 Å². The normalized spacial score (nSPS) is 31.5. The number of phenols is 1. The minimum Gasteiger partial charge on any atom is -0.508 e. The first-order valence-corrected chi connectivity index (χ1v) is 11.8. The van der Waals surface area contributed by atoms with Crippen molar-refractivity contribution in [3.63, 3.8) is 0 Å². The fourth-order valence-corrected chi connectivity index (χ4v) is 5.96. The van der Waals surface area contributed by atoms with Gasteiger partial charge in [-0.05, 0) is 38.6 Å². The minimum atomic E-state index is -3.00. The van der Waals surface area contributed by atoms with Crippen molar-refractivity contribution in [3.8, 4) is 5.75 Å². The zero-order chi connectivity index (χ0) is 28.6. The van der Waals surface area contributed by atoms with Crippen LogP contribution in [0.1, 0.15) is 30.9 Å². The standard InChI is InChI=1S/C25H30N4O9/c1-7-9-5-6-10(28-24(37)8(2)26)17(30)12(9)18(31)13-11(7)19(32)15-16(29(3)4)20(33)14(23(27)36)22(35)25(15,38)21(13)34/h5-8,11,15-16,19,30-32,35,38H,26H2,1-4H3,(H2,27,36)(H,28,37)/t7-,8-,11?,15+,16-,19-,25-/m0/s1. The van der Waals surface area contributed by atoms with Crippen LogP contribution in [-0.4, -0.2) is 91.7 Å². The van der Waals surface area contributed by atoms with E-state index in [0.717, 1.165) is 0 Å². The molecule has 10 N–H and O–H groups in total. The number of hydrogen-bond acceptors (Lipinski definition) is 11. The van der Waals surface area contributed by atoms with Gasteiger partial charge in [0.25, 0.3) is 5.91 Å². The maximum Gasteiger partial charge on any atom is 0.255 e. The Bertz CT molecular complexity index is 1350. The number of amides is 2. The summed E-state index contributed by atoms with van der Waals surface area (Å²) in [5.74, 6) is -10.6. The van der Waals surface area contributed by atoms with E-state index < -0.39 is 93.3 Å². The summed E-state index contributed by atoms with van der Waals surface area (Å²) < 4.78 is 0. The number of rotatable bonds is 4. The van der Waals surface area contributed by atoms with Gasteiger partial charge in [-0.25, -0.2) is 0 Å². The molecule has 2 amide bonds. The number of fused-ring (bicyclic) bond motifs is 3. The number of phenolic OH excluding ortho intramolecular Hbond substituents is 1. The summed E-state index contributed by atoms with van der Waals surface area (Å²) >= 11 is 0. The van der Waals surface area contributed by atoms with Gasteiger partial charge < -0.3 is 42.3 Å². The third-order valence-electron chi connectivity index (χ3n) is 7.80. The topological polar surface area (TPSA) is 237 Å². The molecule has 0 bridgehead atoms. The number of nitrogens with two attached hydrogens (primary N) is 2. The number of likely N-dealkylation sites (N-methyl/N-ethyl adjacent to an activating group) is 1. The average molecular weight is 531 g/mol. The SMILES string of the molecule is C[C@H](N)C(=O)Nc1ccc2c(c1O)C(O)=C1C(=O)[C@]3(O)C(O)=C(C(N)=O)C(=O)[C@@H](N(C)C)[C@@H]3[C@@H](O)C1[C@H]2C. The second kappa shape index (κ2) is 8.91. The Morgan fingerprint density at radius 2 is 1.76 bits per heavy atom. The molecule has 204 valence electrons. The van der Waals surface area contributed by atoms with Crippen LogP contribution in [0.5, 0.6) is 5.75 Å². The number of aliphatic hydroxyl groups excluding tert-OH is 3. The number of carbonyl (C=O) groups excluding carboxylic acids is 4. The number of anilines is 1. The Morgan fingerprint density at radius 3 is 2.29 bits per heavy atom. The van der Waals surface area contributed by atoms with Gasteiger partial charge >= 0.3 is 0 Å². The number of carbonyl (C=O) groups is 4. The lowest BCUT2D eigenvalue weighted by atomic mass is 9.54. The monoisotopic (exact) mass is 530 g/mol. The van der Waals surface area contributed by atoms with Crippen molar-refractivity contribution >= 4 is 34.8 Å². The molecular weight excluding hydrogens is 500 g/mol. The Kier molecular flexibility index (Phi) is 6.39. The third kappa shape index (κ3) is 3.46. The number of aliphatic hydroxyl groups is 4. The van der Waals surface area contributed by atoms with E-state index in [4.69, 9.17) is 11.5 Å². The van der Waals surface area contributed by atoms with Gasteiger partial charge in [-0.3, -0.25) is 24.1 Å². The lowest BCUT2D eigenvalue weighted by molar-refractivity contribution is -0.169. The van der Waals surface area contributed by atoms with Gasteiger partial charge in [0.05, 0.1) is 35.4 Å². The van der Waals surface area contributed by atoms with E-state index in [1.54, 1.807) is 6.92 Å². The van der Waals surface area contributed by atoms with Crippen LogP contribution in [0.15, 0.2) is 29.0 Å². The Hall–Kier alpha value is -3.78. The van der Waals surface area contributed by atoms with E-state index in [1.807, 2.05) is 0 Å². The third-order valence-corrected chi connectivity index (χ3v) is 7.80. The number of hydrogen-bond donors (Lipinski definition) is 8. The Balaban J connectivity index is 1.99. The van der Waals surface area contributed by atoms with Crippen molar-refractivity contribution in [1.82, 2.24) is 4.90 Å². The highest BCUT2D eigenvalue weighted by Crippen LogP contribution is 2.56. The van der Waals surface area contributed by atoms with Crippen molar-refractivity contribution in [2.24, 2.45) is 23.3 Å². The molecule has 1 aromatic carbocycles. The smallest absolute Gasteiger partial charge is 0.255 e. The van der Waals surface area contributed by atoms with Gasteiger partial charge in [0.15, 0.2) is 11.4 Å². The molecule has 13 nitrogen and oxygen atoms in total. The minimum absolute atomic E-state index is 0.112. The summed E-state index contributed by atoms with van der Waals surface area (Å²) in [6.07, 6.45) is -1.69. The lowest BCUT2D eigenvalue weighted by Gasteiger charge is -2.53. The molecule has 13 heteroatoms. The summed E-state index contributed by atoms with van der Waals surface area (Å²) in [6.45, 7) is 3.03. The molecule has 1 saturated carbocycles. The van der Waals surface area contributed by atoms with Crippen molar-refractivity contribution < 1.29 is 44.7 Å². The summed E-state index contributed by atoms with van der Waals surface area (Å²) in [7, 11) is 2.86. The summed E-state index contributed by atoms with van der Waals surface area (Å²) in [6, 6.07) is 0.505. The fraction of sp³-hybridized carbons (Fsp3) is 0.440. The first-order chi connectivity index (χ1) is 17.6. The average Bonchev–Trinajstić information content (AvgIpc) is 2.82. The zero-order valence-corrected chi connectivity index (χ0v) is 21.1. The van der Waals surface area contributed by atoms with Crippen molar-refractivity contribution in [2.45, 2.75) is 43.6 Å². The predicted octanol–water partition coefficient (Wildman–Crippen LogP) is -1.22. The number of Topliss-reactive ketones (excluding diaryl/α,β-unsaturated/α-hetero) is 2. The van der Waals surface area contributed by atoms with Gasteiger partial charge in [0, 0.05) is 11.5 Å². The fourth-order valence-electron chi connectivity index (χ4n) is 5.96. The second-order valence-corrected chi connectivity index (χ2v) is 10.3. The van der Waals surface area contributed by atoms with E-state index in [9.17, 15) is 44.7 Å². The molecular formula is C25H30N4O9. The molecule has 7 atom stereocenters. The van der Waals surface area contributed by atoms with Crippen molar-refractivity contribution in [3.05, 3.63) is 40.2 Å². The van der Waals surface area contributed by atoms with E-state index in [1.165, 1.54) is 38.1 Å². The van der Waals surface area contributed by atoms with Gasteiger partial charge in [-0.1, -0.05) is 13.0 Å². The Morgan fingerprint density at radius 1 is 1.16 bits per heavy atom. The molecule has 0 aliphatic heterocycles. The highest BCUT2D eigenvalue weighted by Gasteiger charge is 2.68. The van der Waals surface area contributed by atoms with E-state index in [2.05, 4.69) is 5.32 Å². The molecule has 1 unspecified atom stereocenters. The summed E-state index contributed by atoms with van der Waals surface area (Å²) in [4.78, 5) is 52.5. The quantitative estimate of drug-likeness (QED) is 0.170. The number of ketones is 2. The lowest BCUT2D eigenvalue weighted by Crippen LogP contribution is -2.70. The molecule has 3 aliphatic rings. The van der Waals surface area contributed by atoms with Crippen molar-refractivity contribution in [2.75, 3.05) is 19.4 Å². The molecule has 1 fully saturated rings. The van der Waals surface area contributed by atoms with Crippen molar-refractivity contribution in [1.29, 1.82) is 0 Å². The second-order valence-electron chi connectivity index (χ2n) is 10.3. The van der Waals surface area contributed by atoms with Crippen LogP contribution in [0.25, 0.3) is 5.76 Å². The number of nitrogens with one attached hydrogen (secondary N) is 1. The van der Waals surface area contributed by atoms with Gasteiger partial charge in [0.2, 0.25) is 11.7 Å². The van der Waals surface area contributed by atoms with E-state index in [-0.39, 0.29) is 11.3 Å². The largest absolute Gasteiger partial charge is 0.508 e. The molecule has 3 aliphatic carbocycles. The highest BCUT2D eigenvalue weighted by molar-refractivity contribution is 6.24. The molecule has 4 rings (SSSR count). The van der Waals surface area contributed by atoms with Crippen LogP contribution in [-0.2, 0) is 19.2 Å². The van der Waals surface area contributed by atoms with E-state index in [0.29, 0.717) is 5.56 Å². The predicted molar refractivity (Wildman–Crippen MR) is 133 cm³/mol. The zero-order valence-electron chi connectivity index (χ0n) is 21.1. The number of benzene rings is 1. The van der Waals surface area contributed by atoms with Crippen LogP contribution in [0, 0.1) is 11.8 Å². The molecule has 0 radical (unpaired) electrons.